The summed E-state index contributed by atoms with van der Waals surface area (Å²) in [6.45, 7) is 1.66. The van der Waals surface area contributed by atoms with Crippen LogP contribution in [0.4, 0.5) is 0 Å². The number of nitrogens with one attached hydrogen (secondary N) is 1. The van der Waals surface area contributed by atoms with Gasteiger partial charge in [0.25, 0.3) is 0 Å². The van der Waals surface area contributed by atoms with Crippen LogP contribution >= 0.6 is 12.4 Å². The normalized spacial score (nSPS) is 13.1. The van der Waals surface area contributed by atoms with Crippen molar-refractivity contribution in [1.82, 2.24) is 5.32 Å². The Morgan fingerprint density at radius 3 is 1.68 bits per heavy atom. The molecule has 0 aliphatic carbocycles. The average molecular weight is 290 g/mol. The molecule has 1 aliphatic rings. The zero-order chi connectivity index (χ0) is 13.1. The Labute approximate surface area is 119 Å². The van der Waals surface area contributed by atoms with Crippen molar-refractivity contribution in [2.24, 2.45) is 0 Å². The molecule has 0 amide bonds. The molecule has 0 saturated heterocycles. The molecule has 0 fully saturated rings. The highest BCUT2D eigenvalue weighted by atomic mass is 35.5. The summed E-state index contributed by atoms with van der Waals surface area (Å²) in [6.07, 6.45) is 0.884. The fraction of sp³-hybridized carbons (Fsp3) is 0.538. The minimum absolute atomic E-state index is 0. The van der Waals surface area contributed by atoms with Crippen molar-refractivity contribution in [2.75, 3.05) is 35.0 Å². The molecular weight excluding hydrogens is 270 g/mol. The first-order chi connectivity index (χ1) is 8.78. The van der Waals surface area contributed by atoms with E-state index in [1.165, 1.54) is 0 Å². The van der Waals surface area contributed by atoms with Gasteiger partial charge in [-0.15, -0.1) is 12.4 Å². The summed E-state index contributed by atoms with van der Waals surface area (Å²) in [5, 5.41) is 3.32. The molecular formula is C13H20ClNO4. The number of benzene rings is 1. The van der Waals surface area contributed by atoms with Crippen LogP contribution in [0, 0.1) is 0 Å². The van der Waals surface area contributed by atoms with Crippen molar-refractivity contribution in [3.63, 3.8) is 0 Å². The fourth-order valence-electron chi connectivity index (χ4n) is 2.44. The van der Waals surface area contributed by atoms with E-state index in [1.54, 1.807) is 28.4 Å². The van der Waals surface area contributed by atoms with Crippen molar-refractivity contribution in [3.8, 4) is 23.0 Å². The van der Waals surface area contributed by atoms with Crippen LogP contribution in [0.1, 0.15) is 11.1 Å². The number of methoxy groups -OCH3 is 4. The Morgan fingerprint density at radius 1 is 0.737 bits per heavy atom. The Kier molecular flexibility index (Phi) is 5.57. The molecule has 1 N–H and O–H groups in total. The molecule has 0 aromatic heterocycles. The first-order valence-electron chi connectivity index (χ1n) is 5.86. The predicted molar refractivity (Wildman–Crippen MR) is 75.3 cm³/mol. The van der Waals surface area contributed by atoms with E-state index >= 15 is 0 Å². The highest BCUT2D eigenvalue weighted by molar-refractivity contribution is 5.85. The number of hydrogen-bond acceptors (Lipinski definition) is 5. The topological polar surface area (TPSA) is 49.0 Å². The lowest BCUT2D eigenvalue weighted by Crippen LogP contribution is -2.25. The van der Waals surface area contributed by atoms with Crippen molar-refractivity contribution >= 4 is 12.4 Å². The van der Waals surface area contributed by atoms with Gasteiger partial charge in [-0.25, -0.2) is 0 Å². The van der Waals surface area contributed by atoms with Crippen molar-refractivity contribution in [1.29, 1.82) is 0 Å². The van der Waals surface area contributed by atoms with Gasteiger partial charge in [0.05, 0.1) is 28.4 Å². The Balaban J connectivity index is 0.00000180. The van der Waals surface area contributed by atoms with E-state index in [1.807, 2.05) is 0 Å². The molecule has 0 radical (unpaired) electrons. The molecule has 0 atom stereocenters. The zero-order valence-corrected chi connectivity index (χ0v) is 12.5. The molecule has 0 saturated carbocycles. The van der Waals surface area contributed by atoms with Crippen molar-refractivity contribution in [3.05, 3.63) is 11.1 Å². The maximum absolute atomic E-state index is 5.49. The lowest BCUT2D eigenvalue weighted by molar-refractivity contribution is 0.299. The smallest absolute Gasteiger partial charge is 0.207 e. The second-order valence-corrected chi connectivity index (χ2v) is 4.02. The summed E-state index contributed by atoms with van der Waals surface area (Å²) < 4.78 is 21.8. The molecule has 5 nitrogen and oxygen atoms in total. The maximum Gasteiger partial charge on any atom is 0.207 e. The predicted octanol–water partition coefficient (Wildman–Crippen LogP) is 1.79. The third kappa shape index (κ3) is 2.53. The molecule has 19 heavy (non-hydrogen) atoms. The highest BCUT2D eigenvalue weighted by Crippen LogP contribution is 2.50. The minimum atomic E-state index is 0. The number of ether oxygens (including phenoxy) is 4. The van der Waals surface area contributed by atoms with Crippen LogP contribution in [-0.2, 0) is 13.0 Å². The van der Waals surface area contributed by atoms with Crippen LogP contribution in [0.2, 0.25) is 0 Å². The monoisotopic (exact) mass is 289 g/mol. The Hall–Kier alpha value is -1.33. The van der Waals surface area contributed by atoms with Gasteiger partial charge < -0.3 is 24.3 Å². The van der Waals surface area contributed by atoms with Crippen molar-refractivity contribution < 1.29 is 18.9 Å². The third-order valence-corrected chi connectivity index (χ3v) is 3.20. The van der Waals surface area contributed by atoms with Crippen LogP contribution in [0.25, 0.3) is 0 Å². The van der Waals surface area contributed by atoms with E-state index in [9.17, 15) is 0 Å². The van der Waals surface area contributed by atoms with E-state index in [0.29, 0.717) is 11.5 Å². The zero-order valence-electron chi connectivity index (χ0n) is 11.7. The van der Waals surface area contributed by atoms with Crippen LogP contribution < -0.4 is 24.3 Å². The van der Waals surface area contributed by atoms with Gasteiger partial charge in [-0.05, 0) is 13.0 Å². The van der Waals surface area contributed by atoms with Gasteiger partial charge in [0.15, 0.2) is 11.5 Å². The Bertz CT molecular complexity index is 350. The lowest BCUT2D eigenvalue weighted by atomic mass is 9.97. The summed E-state index contributed by atoms with van der Waals surface area (Å²) >= 11 is 0. The van der Waals surface area contributed by atoms with E-state index in [0.717, 1.165) is 42.1 Å². The maximum atomic E-state index is 5.49. The molecule has 0 unspecified atom stereocenters. The number of fused-ring (bicyclic) bond motifs is 1. The SMILES string of the molecule is COc1c2c(c(OC)c(OC)c1OC)CNCC2.Cl. The van der Waals surface area contributed by atoms with Gasteiger partial charge in [-0.1, -0.05) is 0 Å². The average Bonchev–Trinajstić information content (AvgIpc) is 2.44. The number of rotatable bonds is 4. The van der Waals surface area contributed by atoms with Gasteiger partial charge in [0, 0.05) is 17.7 Å². The largest absolute Gasteiger partial charge is 0.492 e. The summed E-state index contributed by atoms with van der Waals surface area (Å²) in [5.41, 5.74) is 2.21. The lowest BCUT2D eigenvalue weighted by Gasteiger charge is -2.26. The molecule has 1 aromatic carbocycles. The molecule has 108 valence electrons. The second-order valence-electron chi connectivity index (χ2n) is 4.02. The van der Waals surface area contributed by atoms with Crippen LogP contribution in [-0.4, -0.2) is 35.0 Å². The van der Waals surface area contributed by atoms with E-state index in [2.05, 4.69) is 5.32 Å². The molecule has 1 aromatic rings. The van der Waals surface area contributed by atoms with Gasteiger partial charge >= 0.3 is 0 Å². The summed E-state index contributed by atoms with van der Waals surface area (Å²) in [6, 6.07) is 0. The minimum Gasteiger partial charge on any atom is -0.492 e. The Morgan fingerprint density at radius 2 is 1.21 bits per heavy atom. The fourth-order valence-corrected chi connectivity index (χ4v) is 2.44. The van der Waals surface area contributed by atoms with E-state index in [4.69, 9.17) is 18.9 Å². The van der Waals surface area contributed by atoms with Gasteiger partial charge in [0.2, 0.25) is 11.5 Å². The second kappa shape index (κ2) is 6.73. The summed E-state index contributed by atoms with van der Waals surface area (Å²) in [7, 11) is 6.49. The molecule has 0 spiro atoms. The quantitative estimate of drug-likeness (QED) is 0.916. The molecule has 1 aliphatic heterocycles. The first-order valence-corrected chi connectivity index (χ1v) is 5.86. The highest BCUT2D eigenvalue weighted by Gasteiger charge is 2.28. The molecule has 1 heterocycles. The van der Waals surface area contributed by atoms with Crippen LogP contribution in [0.3, 0.4) is 0 Å². The van der Waals surface area contributed by atoms with Gasteiger partial charge in [-0.2, -0.15) is 0 Å². The van der Waals surface area contributed by atoms with E-state index < -0.39 is 0 Å². The molecule has 2 rings (SSSR count). The first kappa shape index (κ1) is 15.7. The van der Waals surface area contributed by atoms with Gasteiger partial charge in [0.1, 0.15) is 0 Å². The summed E-state index contributed by atoms with van der Waals surface area (Å²) in [5.74, 6) is 2.64. The van der Waals surface area contributed by atoms with Crippen molar-refractivity contribution in [2.45, 2.75) is 13.0 Å². The van der Waals surface area contributed by atoms with Crippen LogP contribution in [0.15, 0.2) is 0 Å². The number of hydrogen-bond donors (Lipinski definition) is 1. The van der Waals surface area contributed by atoms with Crippen LogP contribution in [0.5, 0.6) is 23.0 Å². The standard InChI is InChI=1S/C13H19NO4.ClH/c1-15-10-8-5-6-14-7-9(8)11(16-2)13(18-4)12(10)17-3;/h14H,5-7H2,1-4H3;1H. The number of halogens is 1. The van der Waals surface area contributed by atoms with Gasteiger partial charge in [-0.3, -0.25) is 0 Å². The third-order valence-electron chi connectivity index (χ3n) is 3.20. The summed E-state index contributed by atoms with van der Waals surface area (Å²) in [4.78, 5) is 0. The molecule has 0 bridgehead atoms. The molecule has 6 heteroatoms. The van der Waals surface area contributed by atoms with E-state index in [-0.39, 0.29) is 12.4 Å².